The smallest absolute Gasteiger partial charge is 0.129 e. The fourth-order valence-electron chi connectivity index (χ4n) is 3.45. The summed E-state index contributed by atoms with van der Waals surface area (Å²) in [6.45, 7) is 4.32. The van der Waals surface area contributed by atoms with Gasteiger partial charge < -0.3 is 5.32 Å². The molecule has 0 atom stereocenters. The first-order chi connectivity index (χ1) is 10.9. The molecule has 6 heteroatoms. The second kappa shape index (κ2) is 6.04. The van der Waals surface area contributed by atoms with Crippen LogP contribution in [0.3, 0.4) is 0 Å². The van der Waals surface area contributed by atoms with Crippen LogP contribution in [0.1, 0.15) is 30.7 Å². The van der Waals surface area contributed by atoms with Crippen molar-refractivity contribution in [1.82, 2.24) is 24.6 Å². The van der Waals surface area contributed by atoms with Gasteiger partial charge in [-0.25, -0.2) is 9.97 Å². The summed E-state index contributed by atoms with van der Waals surface area (Å²) in [6, 6.07) is 4.73. The standard InChI is InChI=1S/C16H22N6/c1-2-15-10-14(20-22(15)7-1)11-21-8-4-13(5-9-21)19-16-3-6-17-12-18-16/h3,6,10,12-13H,1-2,4-5,7-9,11H2,(H,17,18,19). The molecule has 2 aromatic heterocycles. The fraction of sp³-hybridized carbons (Fsp3) is 0.562. The van der Waals surface area contributed by atoms with Crippen molar-refractivity contribution in [2.24, 2.45) is 0 Å². The van der Waals surface area contributed by atoms with Crippen molar-refractivity contribution in [2.45, 2.75) is 44.8 Å². The zero-order chi connectivity index (χ0) is 14.8. The molecule has 6 nitrogen and oxygen atoms in total. The van der Waals surface area contributed by atoms with E-state index in [2.05, 4.69) is 30.9 Å². The highest BCUT2D eigenvalue weighted by atomic mass is 15.3. The third-order valence-electron chi connectivity index (χ3n) is 4.62. The normalized spacial score (nSPS) is 19.3. The molecule has 116 valence electrons. The maximum absolute atomic E-state index is 4.71. The maximum atomic E-state index is 4.71. The van der Waals surface area contributed by atoms with Crippen molar-refractivity contribution in [3.63, 3.8) is 0 Å². The van der Waals surface area contributed by atoms with Crippen LogP contribution in [-0.4, -0.2) is 43.8 Å². The van der Waals surface area contributed by atoms with Crippen molar-refractivity contribution in [3.8, 4) is 0 Å². The van der Waals surface area contributed by atoms with Gasteiger partial charge in [0, 0.05) is 44.1 Å². The van der Waals surface area contributed by atoms with Crippen LogP contribution in [0.4, 0.5) is 5.82 Å². The minimum atomic E-state index is 0.512. The average molecular weight is 298 g/mol. The third-order valence-corrected chi connectivity index (χ3v) is 4.62. The Balaban J connectivity index is 1.28. The van der Waals surface area contributed by atoms with E-state index < -0.39 is 0 Å². The number of anilines is 1. The second-order valence-corrected chi connectivity index (χ2v) is 6.24. The van der Waals surface area contributed by atoms with Crippen LogP contribution in [0.25, 0.3) is 0 Å². The molecule has 22 heavy (non-hydrogen) atoms. The molecule has 0 spiro atoms. The van der Waals surface area contributed by atoms with Gasteiger partial charge in [-0.1, -0.05) is 0 Å². The molecular formula is C16H22N6. The van der Waals surface area contributed by atoms with Crippen LogP contribution in [-0.2, 0) is 19.5 Å². The Morgan fingerprint density at radius 1 is 1.23 bits per heavy atom. The van der Waals surface area contributed by atoms with Crippen LogP contribution in [0.2, 0.25) is 0 Å². The Labute approximate surface area is 130 Å². The molecule has 2 aliphatic rings. The lowest BCUT2D eigenvalue weighted by Crippen LogP contribution is -2.38. The number of fused-ring (bicyclic) bond motifs is 1. The number of nitrogens with zero attached hydrogens (tertiary/aromatic N) is 5. The zero-order valence-corrected chi connectivity index (χ0v) is 12.8. The highest BCUT2D eigenvalue weighted by molar-refractivity contribution is 5.33. The van der Waals surface area contributed by atoms with E-state index in [9.17, 15) is 0 Å². The number of nitrogens with one attached hydrogen (secondary N) is 1. The molecule has 4 heterocycles. The molecule has 0 amide bonds. The third kappa shape index (κ3) is 2.97. The summed E-state index contributed by atoms with van der Waals surface area (Å²) in [4.78, 5) is 10.7. The summed E-state index contributed by atoms with van der Waals surface area (Å²) in [5.74, 6) is 0.930. The zero-order valence-electron chi connectivity index (χ0n) is 12.8. The molecule has 1 N–H and O–H groups in total. The largest absolute Gasteiger partial charge is 0.367 e. The first kappa shape index (κ1) is 13.7. The Hall–Kier alpha value is -1.95. The molecule has 4 rings (SSSR count). The van der Waals surface area contributed by atoms with Gasteiger partial charge >= 0.3 is 0 Å². The molecule has 0 aliphatic carbocycles. The van der Waals surface area contributed by atoms with Crippen molar-refractivity contribution in [2.75, 3.05) is 18.4 Å². The predicted molar refractivity (Wildman–Crippen MR) is 84.5 cm³/mol. The Morgan fingerprint density at radius 3 is 2.91 bits per heavy atom. The van der Waals surface area contributed by atoms with Crippen LogP contribution >= 0.6 is 0 Å². The molecule has 1 saturated heterocycles. The van der Waals surface area contributed by atoms with E-state index >= 15 is 0 Å². The predicted octanol–water partition coefficient (Wildman–Crippen LogP) is 1.70. The number of hydrogen-bond acceptors (Lipinski definition) is 5. The van der Waals surface area contributed by atoms with Crippen LogP contribution in [0.5, 0.6) is 0 Å². The van der Waals surface area contributed by atoms with Gasteiger partial charge in [0.05, 0.1) is 5.69 Å². The van der Waals surface area contributed by atoms with Crippen molar-refractivity contribution < 1.29 is 0 Å². The quantitative estimate of drug-likeness (QED) is 0.931. The number of hydrogen-bond donors (Lipinski definition) is 1. The first-order valence-corrected chi connectivity index (χ1v) is 8.17. The minimum Gasteiger partial charge on any atom is -0.367 e. The summed E-state index contributed by atoms with van der Waals surface area (Å²) in [5.41, 5.74) is 2.65. The van der Waals surface area contributed by atoms with E-state index in [1.165, 1.54) is 24.2 Å². The molecule has 0 aromatic carbocycles. The summed E-state index contributed by atoms with van der Waals surface area (Å²) in [5, 5.41) is 8.21. The number of rotatable bonds is 4. The summed E-state index contributed by atoms with van der Waals surface area (Å²) in [7, 11) is 0. The Bertz CT molecular complexity index is 593. The van der Waals surface area contributed by atoms with Crippen LogP contribution in [0.15, 0.2) is 24.7 Å². The van der Waals surface area contributed by atoms with Gasteiger partial charge in [-0.05, 0) is 37.8 Å². The van der Waals surface area contributed by atoms with Gasteiger partial charge in [-0.15, -0.1) is 0 Å². The molecule has 0 radical (unpaired) electrons. The highest BCUT2D eigenvalue weighted by Crippen LogP contribution is 2.19. The van der Waals surface area contributed by atoms with Gasteiger partial charge in [-0.2, -0.15) is 5.10 Å². The molecule has 2 aromatic rings. The Kier molecular flexibility index (Phi) is 3.76. The monoisotopic (exact) mass is 298 g/mol. The molecular weight excluding hydrogens is 276 g/mol. The SMILES string of the molecule is c1cc(NC2CCN(Cc3cc4n(n3)CCC4)CC2)ncn1. The molecule has 0 bridgehead atoms. The van der Waals surface area contributed by atoms with Gasteiger partial charge in [0.2, 0.25) is 0 Å². The highest BCUT2D eigenvalue weighted by Gasteiger charge is 2.21. The van der Waals surface area contributed by atoms with Gasteiger partial charge in [0.15, 0.2) is 0 Å². The topological polar surface area (TPSA) is 58.9 Å². The van der Waals surface area contributed by atoms with E-state index in [4.69, 9.17) is 5.10 Å². The van der Waals surface area contributed by atoms with E-state index in [1.807, 2.05) is 6.07 Å². The van der Waals surface area contributed by atoms with E-state index in [1.54, 1.807) is 12.5 Å². The summed E-state index contributed by atoms with van der Waals surface area (Å²) >= 11 is 0. The van der Waals surface area contributed by atoms with E-state index in [0.29, 0.717) is 6.04 Å². The lowest BCUT2D eigenvalue weighted by Gasteiger charge is -2.32. The minimum absolute atomic E-state index is 0.512. The van der Waals surface area contributed by atoms with Gasteiger partial charge in [-0.3, -0.25) is 9.58 Å². The summed E-state index contributed by atoms with van der Waals surface area (Å²) < 4.78 is 2.18. The number of likely N-dealkylation sites (tertiary alicyclic amines) is 1. The van der Waals surface area contributed by atoms with Crippen LogP contribution < -0.4 is 5.32 Å². The molecule has 0 unspecified atom stereocenters. The van der Waals surface area contributed by atoms with E-state index in [0.717, 1.165) is 44.8 Å². The van der Waals surface area contributed by atoms with Gasteiger partial charge in [0.25, 0.3) is 0 Å². The molecule has 0 saturated carbocycles. The first-order valence-electron chi connectivity index (χ1n) is 8.17. The average Bonchev–Trinajstić information content (AvgIpc) is 3.12. The Morgan fingerprint density at radius 2 is 2.14 bits per heavy atom. The van der Waals surface area contributed by atoms with Crippen molar-refractivity contribution in [1.29, 1.82) is 0 Å². The molecule has 2 aliphatic heterocycles. The number of piperidine rings is 1. The second-order valence-electron chi connectivity index (χ2n) is 6.24. The lowest BCUT2D eigenvalue weighted by atomic mass is 10.0. The van der Waals surface area contributed by atoms with Crippen LogP contribution in [0, 0.1) is 0 Å². The number of aryl methyl sites for hydroxylation is 2. The molecule has 1 fully saturated rings. The maximum Gasteiger partial charge on any atom is 0.129 e. The lowest BCUT2D eigenvalue weighted by molar-refractivity contribution is 0.208. The van der Waals surface area contributed by atoms with Crippen molar-refractivity contribution in [3.05, 3.63) is 36.0 Å². The fourth-order valence-corrected chi connectivity index (χ4v) is 3.45. The van der Waals surface area contributed by atoms with Gasteiger partial charge in [0.1, 0.15) is 12.1 Å². The van der Waals surface area contributed by atoms with E-state index in [-0.39, 0.29) is 0 Å². The summed E-state index contributed by atoms with van der Waals surface area (Å²) in [6.07, 6.45) is 8.12. The van der Waals surface area contributed by atoms with Crippen molar-refractivity contribution >= 4 is 5.82 Å². The number of aromatic nitrogens is 4.